The molecule has 2 N–H and O–H groups in total. The van der Waals surface area contributed by atoms with Crippen LogP contribution in [-0.2, 0) is 25.3 Å². The molecular formula is C27H28N2O3. The number of piperidine rings is 1. The van der Waals surface area contributed by atoms with Gasteiger partial charge in [0.1, 0.15) is 0 Å². The lowest BCUT2D eigenvalue weighted by Crippen LogP contribution is -2.74. The monoisotopic (exact) mass is 427 g/mol. The molecule has 1 aromatic heterocycles. The van der Waals surface area contributed by atoms with Crippen LogP contribution < -0.4 is 4.74 Å². The van der Waals surface area contributed by atoms with Gasteiger partial charge < -0.3 is 19.5 Å². The minimum atomic E-state index is -0.909. The van der Waals surface area contributed by atoms with E-state index >= 15 is 0 Å². The van der Waals surface area contributed by atoms with Crippen molar-refractivity contribution in [3.63, 3.8) is 0 Å². The maximum absolute atomic E-state index is 12.8. The summed E-state index contributed by atoms with van der Waals surface area (Å²) < 4.78 is 8.96. The normalized spacial score (nSPS) is 34.3. The summed E-state index contributed by atoms with van der Waals surface area (Å²) in [6.45, 7) is 2.08. The van der Waals surface area contributed by atoms with Gasteiger partial charge in [0.25, 0.3) is 0 Å². The first-order valence-electron chi connectivity index (χ1n) is 12.1. The fourth-order valence-corrected chi connectivity index (χ4v) is 7.93. The largest absolute Gasteiger partial charge is 0.504 e. The number of aliphatic hydroxyl groups is 1. The van der Waals surface area contributed by atoms with Crippen LogP contribution in [0.2, 0.25) is 0 Å². The van der Waals surface area contributed by atoms with E-state index in [1.807, 2.05) is 0 Å². The number of rotatable bonds is 2. The average molecular weight is 428 g/mol. The van der Waals surface area contributed by atoms with Crippen LogP contribution >= 0.6 is 0 Å². The summed E-state index contributed by atoms with van der Waals surface area (Å²) in [5.74, 6) is 1.60. The highest BCUT2D eigenvalue weighted by atomic mass is 16.5. The number of hydrogen-bond acceptors (Lipinski definition) is 4. The lowest BCUT2D eigenvalue weighted by Gasteiger charge is -2.63. The number of fused-ring (bicyclic) bond motifs is 4. The van der Waals surface area contributed by atoms with Crippen molar-refractivity contribution in [2.24, 2.45) is 13.0 Å². The van der Waals surface area contributed by atoms with Gasteiger partial charge in [-0.05, 0) is 61.4 Å². The Morgan fingerprint density at radius 3 is 2.84 bits per heavy atom. The van der Waals surface area contributed by atoms with Crippen molar-refractivity contribution in [2.45, 2.75) is 55.3 Å². The molecule has 8 rings (SSSR count). The van der Waals surface area contributed by atoms with Gasteiger partial charge in [-0.2, -0.15) is 0 Å². The third-order valence-electron chi connectivity index (χ3n) is 9.47. The number of aromatic hydroxyl groups is 1. The summed E-state index contributed by atoms with van der Waals surface area (Å²) in [5, 5.41) is 24.8. The van der Waals surface area contributed by atoms with Crippen LogP contribution in [0.1, 0.15) is 47.8 Å². The Balaban J connectivity index is 1.44. The fraction of sp³-hybridized carbons (Fsp3) is 0.481. The highest BCUT2D eigenvalue weighted by Gasteiger charge is 2.73. The quantitative estimate of drug-likeness (QED) is 0.656. The summed E-state index contributed by atoms with van der Waals surface area (Å²) in [4.78, 5) is 2.59. The van der Waals surface area contributed by atoms with Gasteiger partial charge in [-0.15, -0.1) is 0 Å². The van der Waals surface area contributed by atoms with Gasteiger partial charge in [0.2, 0.25) is 0 Å². The molecule has 32 heavy (non-hydrogen) atoms. The Bertz CT molecular complexity index is 1320. The minimum Gasteiger partial charge on any atom is -0.504 e. The first-order valence-corrected chi connectivity index (χ1v) is 12.1. The van der Waals surface area contributed by atoms with Crippen LogP contribution in [0, 0.1) is 5.92 Å². The molecule has 1 saturated carbocycles. The van der Waals surface area contributed by atoms with Crippen LogP contribution in [-0.4, -0.2) is 44.4 Å². The van der Waals surface area contributed by atoms with E-state index in [0.717, 1.165) is 37.4 Å². The fourth-order valence-electron chi connectivity index (χ4n) is 7.93. The topological polar surface area (TPSA) is 57.9 Å². The third-order valence-corrected chi connectivity index (χ3v) is 9.47. The SMILES string of the molecule is [11CH3]n1c2c(c3ccccc31)C[C@@]1(O)[C@H]3Cc4ccc(O)c5c4[C@@]1(CCN3CC1CC1)[C@H]2O5. The second kappa shape index (κ2) is 5.52. The molecule has 3 aromatic rings. The van der Waals surface area contributed by atoms with E-state index in [2.05, 4.69) is 46.8 Å². The number of phenolic OH excluding ortho intramolecular Hbond substituents is 1. The molecule has 0 amide bonds. The van der Waals surface area contributed by atoms with Crippen molar-refractivity contribution in [1.29, 1.82) is 0 Å². The van der Waals surface area contributed by atoms with Crippen LogP contribution in [0.5, 0.6) is 11.5 Å². The molecule has 2 bridgehead atoms. The summed E-state index contributed by atoms with van der Waals surface area (Å²) in [6, 6.07) is 12.5. The molecular weight excluding hydrogens is 399 g/mol. The number of aryl methyl sites for hydroxylation is 1. The summed E-state index contributed by atoms with van der Waals surface area (Å²) in [6.07, 6.45) is 4.69. The first-order chi connectivity index (χ1) is 15.5. The van der Waals surface area contributed by atoms with E-state index in [-0.39, 0.29) is 17.9 Å². The third kappa shape index (κ3) is 1.84. The minimum absolute atomic E-state index is 0.0815. The van der Waals surface area contributed by atoms with Crippen molar-refractivity contribution < 1.29 is 14.9 Å². The van der Waals surface area contributed by atoms with Crippen molar-refractivity contribution in [1.82, 2.24) is 9.47 Å². The number of likely N-dealkylation sites (tertiary alicyclic amines) is 1. The van der Waals surface area contributed by atoms with Gasteiger partial charge >= 0.3 is 0 Å². The zero-order valence-electron chi connectivity index (χ0n) is 18.3. The van der Waals surface area contributed by atoms with Crippen LogP contribution in [0.25, 0.3) is 10.9 Å². The highest BCUT2D eigenvalue weighted by molar-refractivity contribution is 5.87. The van der Waals surface area contributed by atoms with E-state index in [9.17, 15) is 10.2 Å². The second-order valence-corrected chi connectivity index (χ2v) is 10.9. The molecule has 2 aromatic carbocycles. The smallest absolute Gasteiger partial charge is 0.166 e. The maximum Gasteiger partial charge on any atom is 0.166 e. The summed E-state index contributed by atoms with van der Waals surface area (Å²) in [5.41, 5.74) is 4.50. The van der Waals surface area contributed by atoms with Gasteiger partial charge in [-0.25, -0.2) is 0 Å². The Labute approximate surface area is 187 Å². The summed E-state index contributed by atoms with van der Waals surface area (Å²) >= 11 is 0. The van der Waals surface area contributed by atoms with Crippen molar-refractivity contribution in [3.8, 4) is 11.5 Å². The molecule has 1 saturated heterocycles. The lowest BCUT2D eigenvalue weighted by molar-refractivity contribution is -0.173. The molecule has 3 heterocycles. The molecule has 3 aliphatic carbocycles. The number of aromatic nitrogens is 1. The van der Waals surface area contributed by atoms with Gasteiger partial charge in [0, 0.05) is 42.5 Å². The molecule has 2 aliphatic heterocycles. The standard InChI is InChI=1S/C27H28N2O3/c1-28-19-5-3-2-4-17(19)18-13-27(31)21-12-16-8-9-20(30)24-22(16)26(27,25(32-24)23(18)28)10-11-29(21)14-15-6-7-15/h2-5,8-9,15,21,25,30-31H,6-7,10-14H2,1H3/t21-,25+,26+,27-/m1/s1/i1-1. The Hall–Kier alpha value is -2.50. The Kier molecular flexibility index (Phi) is 3.10. The van der Waals surface area contributed by atoms with Crippen molar-refractivity contribution in [2.75, 3.05) is 13.1 Å². The van der Waals surface area contributed by atoms with Crippen LogP contribution in [0.4, 0.5) is 0 Å². The van der Waals surface area contributed by atoms with E-state index in [0.29, 0.717) is 12.2 Å². The van der Waals surface area contributed by atoms with E-state index in [1.54, 1.807) is 6.07 Å². The number of phenols is 1. The van der Waals surface area contributed by atoms with E-state index in [4.69, 9.17) is 4.74 Å². The second-order valence-electron chi connectivity index (χ2n) is 10.9. The number of nitrogens with zero attached hydrogens (tertiary/aromatic N) is 2. The van der Waals surface area contributed by atoms with Gasteiger partial charge in [-0.3, -0.25) is 4.90 Å². The van der Waals surface area contributed by atoms with Crippen LogP contribution in [0.15, 0.2) is 36.4 Å². The molecule has 4 atom stereocenters. The molecule has 5 heteroatoms. The zero-order valence-corrected chi connectivity index (χ0v) is 18.3. The molecule has 0 unspecified atom stereocenters. The zero-order chi connectivity index (χ0) is 21.4. The summed E-state index contributed by atoms with van der Waals surface area (Å²) in [7, 11) is 2.12. The van der Waals surface area contributed by atoms with Gasteiger partial charge in [-0.1, -0.05) is 24.3 Å². The van der Waals surface area contributed by atoms with Crippen LogP contribution in [0.3, 0.4) is 0 Å². The van der Waals surface area contributed by atoms with Gasteiger partial charge in [0.05, 0.1) is 16.7 Å². The molecule has 5 nitrogen and oxygen atoms in total. The Morgan fingerprint density at radius 1 is 1.16 bits per heavy atom. The average Bonchev–Trinajstić information content (AvgIpc) is 3.47. The molecule has 5 aliphatic rings. The lowest BCUT2D eigenvalue weighted by atomic mass is 9.49. The van der Waals surface area contributed by atoms with E-state index in [1.165, 1.54) is 40.6 Å². The molecule has 1 spiro atoms. The van der Waals surface area contributed by atoms with E-state index < -0.39 is 11.0 Å². The van der Waals surface area contributed by atoms with Crippen molar-refractivity contribution >= 4 is 10.9 Å². The molecule has 2 fully saturated rings. The highest BCUT2D eigenvalue weighted by Crippen LogP contribution is 2.69. The number of para-hydroxylation sites is 1. The number of ether oxygens (including phenoxy) is 1. The van der Waals surface area contributed by atoms with Gasteiger partial charge in [0.15, 0.2) is 17.6 Å². The maximum atomic E-state index is 12.8. The van der Waals surface area contributed by atoms with Crippen molar-refractivity contribution in [3.05, 3.63) is 58.8 Å². The number of hydrogen-bond donors (Lipinski definition) is 2. The first kappa shape index (κ1) is 18.0. The Morgan fingerprint density at radius 2 is 2.00 bits per heavy atom. The molecule has 164 valence electrons. The molecule has 0 radical (unpaired) electrons. The predicted octanol–water partition coefficient (Wildman–Crippen LogP) is 3.58. The number of benzene rings is 2. The predicted molar refractivity (Wildman–Crippen MR) is 121 cm³/mol.